The molecular formula is C17H37N3O. The summed E-state index contributed by atoms with van der Waals surface area (Å²) in [7, 11) is 4.28. The molecule has 0 radical (unpaired) electrons. The zero-order valence-corrected chi connectivity index (χ0v) is 15.0. The fourth-order valence-electron chi connectivity index (χ4n) is 4.11. The van der Waals surface area contributed by atoms with Gasteiger partial charge in [-0.1, -0.05) is 20.8 Å². The Morgan fingerprint density at radius 1 is 1.29 bits per heavy atom. The van der Waals surface area contributed by atoms with E-state index in [1.807, 2.05) is 0 Å². The Bertz CT molecular complexity index is 296. The van der Waals surface area contributed by atoms with E-state index < -0.39 is 0 Å². The second-order valence-electron chi connectivity index (χ2n) is 7.43. The molecule has 1 rings (SSSR count). The minimum atomic E-state index is -0.0810. The number of aliphatic hydroxyl groups is 1. The fourth-order valence-corrected chi connectivity index (χ4v) is 4.11. The molecule has 0 heterocycles. The van der Waals surface area contributed by atoms with Crippen LogP contribution in [-0.2, 0) is 0 Å². The Kier molecular flexibility index (Phi) is 7.62. The topological polar surface area (TPSA) is 38.7 Å². The summed E-state index contributed by atoms with van der Waals surface area (Å²) in [4.78, 5) is 4.90. The molecule has 0 amide bonds. The van der Waals surface area contributed by atoms with Gasteiger partial charge in [0.25, 0.3) is 0 Å². The van der Waals surface area contributed by atoms with Crippen molar-refractivity contribution in [3.63, 3.8) is 0 Å². The molecule has 1 saturated carbocycles. The van der Waals surface area contributed by atoms with E-state index in [-0.39, 0.29) is 12.1 Å². The smallest absolute Gasteiger partial charge is 0.0613 e. The fraction of sp³-hybridized carbons (Fsp3) is 1.00. The highest BCUT2D eigenvalue weighted by molar-refractivity contribution is 4.98. The second kappa shape index (κ2) is 8.47. The van der Waals surface area contributed by atoms with Gasteiger partial charge in [-0.15, -0.1) is 0 Å². The Morgan fingerprint density at radius 2 is 1.95 bits per heavy atom. The predicted molar refractivity (Wildman–Crippen MR) is 90.7 cm³/mol. The third-order valence-corrected chi connectivity index (χ3v) is 4.75. The molecule has 0 aromatic heterocycles. The zero-order chi connectivity index (χ0) is 16.0. The molecule has 0 spiro atoms. The van der Waals surface area contributed by atoms with Gasteiger partial charge < -0.3 is 15.3 Å². The second-order valence-corrected chi connectivity index (χ2v) is 7.43. The predicted octanol–water partition coefficient (Wildman–Crippen LogP) is 1.93. The van der Waals surface area contributed by atoms with E-state index in [1.165, 1.54) is 12.8 Å². The van der Waals surface area contributed by atoms with Crippen molar-refractivity contribution in [2.24, 2.45) is 0 Å². The maximum atomic E-state index is 9.96. The van der Waals surface area contributed by atoms with E-state index in [0.717, 1.165) is 25.9 Å². The highest BCUT2D eigenvalue weighted by Crippen LogP contribution is 2.32. The van der Waals surface area contributed by atoms with Crippen molar-refractivity contribution in [3.8, 4) is 0 Å². The first-order chi connectivity index (χ1) is 9.83. The van der Waals surface area contributed by atoms with E-state index in [4.69, 9.17) is 0 Å². The minimum absolute atomic E-state index is 0.0810. The number of nitrogens with one attached hydrogen (secondary N) is 1. The summed E-state index contributed by atoms with van der Waals surface area (Å²) in [5, 5.41) is 13.6. The van der Waals surface area contributed by atoms with E-state index in [2.05, 4.69) is 56.9 Å². The molecule has 126 valence electrons. The molecule has 3 unspecified atom stereocenters. The molecular weight excluding hydrogens is 262 g/mol. The van der Waals surface area contributed by atoms with Crippen molar-refractivity contribution in [1.29, 1.82) is 0 Å². The quantitative estimate of drug-likeness (QED) is 0.718. The molecule has 1 aliphatic carbocycles. The lowest BCUT2D eigenvalue weighted by molar-refractivity contribution is 0.0353. The normalized spacial score (nSPS) is 28.6. The van der Waals surface area contributed by atoms with Gasteiger partial charge >= 0.3 is 0 Å². The van der Waals surface area contributed by atoms with Crippen LogP contribution in [0.5, 0.6) is 0 Å². The molecule has 21 heavy (non-hydrogen) atoms. The first kappa shape index (κ1) is 18.9. The number of rotatable bonds is 8. The lowest BCUT2D eigenvalue weighted by atomic mass is 9.78. The first-order valence-electron chi connectivity index (χ1n) is 8.62. The summed E-state index contributed by atoms with van der Waals surface area (Å²) >= 11 is 0. The third kappa shape index (κ3) is 5.51. The van der Waals surface area contributed by atoms with Gasteiger partial charge in [0.15, 0.2) is 0 Å². The SMILES string of the molecule is CCN(C(C)CN(C)C)C1CCCC(CO)(NC(C)C)C1. The maximum Gasteiger partial charge on any atom is 0.0613 e. The van der Waals surface area contributed by atoms with Gasteiger partial charge in [-0.2, -0.15) is 0 Å². The summed E-state index contributed by atoms with van der Waals surface area (Å²) in [5.74, 6) is 0. The number of hydrogen-bond donors (Lipinski definition) is 2. The monoisotopic (exact) mass is 299 g/mol. The van der Waals surface area contributed by atoms with Crippen LogP contribution in [0.1, 0.15) is 53.4 Å². The molecule has 0 aliphatic heterocycles. The van der Waals surface area contributed by atoms with Gasteiger partial charge in [0.2, 0.25) is 0 Å². The van der Waals surface area contributed by atoms with Gasteiger partial charge in [-0.25, -0.2) is 0 Å². The van der Waals surface area contributed by atoms with Crippen molar-refractivity contribution in [3.05, 3.63) is 0 Å². The van der Waals surface area contributed by atoms with Crippen molar-refractivity contribution < 1.29 is 5.11 Å². The Labute approximate surface area is 131 Å². The van der Waals surface area contributed by atoms with Gasteiger partial charge in [-0.05, 0) is 53.2 Å². The molecule has 4 nitrogen and oxygen atoms in total. The summed E-state index contributed by atoms with van der Waals surface area (Å²) in [5.41, 5.74) is -0.0810. The summed E-state index contributed by atoms with van der Waals surface area (Å²) in [6.45, 7) is 11.4. The van der Waals surface area contributed by atoms with Crippen LogP contribution in [0.2, 0.25) is 0 Å². The van der Waals surface area contributed by atoms with Crippen LogP contribution in [0.3, 0.4) is 0 Å². The van der Waals surface area contributed by atoms with Gasteiger partial charge in [0, 0.05) is 30.2 Å². The molecule has 4 heteroatoms. The van der Waals surface area contributed by atoms with Gasteiger partial charge in [0.1, 0.15) is 0 Å². The van der Waals surface area contributed by atoms with Crippen molar-refractivity contribution in [2.75, 3.05) is 33.8 Å². The van der Waals surface area contributed by atoms with E-state index in [9.17, 15) is 5.11 Å². The standard InChI is InChI=1S/C17H37N3O/c1-7-20(15(4)12-19(5)6)16-9-8-10-17(11-16,13-21)18-14(2)3/h14-16,18,21H,7-13H2,1-6H3. The van der Waals surface area contributed by atoms with Gasteiger partial charge in [0.05, 0.1) is 6.61 Å². The summed E-state index contributed by atoms with van der Waals surface area (Å²) in [6.07, 6.45) is 4.62. The lowest BCUT2D eigenvalue weighted by Crippen LogP contribution is -2.59. The van der Waals surface area contributed by atoms with Crippen LogP contribution < -0.4 is 5.32 Å². The zero-order valence-electron chi connectivity index (χ0n) is 15.0. The Balaban J connectivity index is 2.76. The van der Waals surface area contributed by atoms with Crippen LogP contribution in [0.25, 0.3) is 0 Å². The number of aliphatic hydroxyl groups excluding tert-OH is 1. The van der Waals surface area contributed by atoms with Crippen molar-refractivity contribution in [2.45, 2.75) is 77.0 Å². The average Bonchev–Trinajstić information content (AvgIpc) is 2.38. The average molecular weight is 300 g/mol. The molecule has 0 saturated heterocycles. The molecule has 1 fully saturated rings. The van der Waals surface area contributed by atoms with Crippen molar-refractivity contribution in [1.82, 2.24) is 15.1 Å². The van der Waals surface area contributed by atoms with E-state index in [1.54, 1.807) is 0 Å². The molecule has 0 aromatic carbocycles. The number of nitrogens with zero attached hydrogens (tertiary/aromatic N) is 2. The van der Waals surface area contributed by atoms with Crippen LogP contribution in [0.4, 0.5) is 0 Å². The van der Waals surface area contributed by atoms with Gasteiger partial charge in [-0.3, -0.25) is 4.90 Å². The highest BCUT2D eigenvalue weighted by atomic mass is 16.3. The van der Waals surface area contributed by atoms with Crippen LogP contribution >= 0.6 is 0 Å². The van der Waals surface area contributed by atoms with Crippen LogP contribution in [0.15, 0.2) is 0 Å². The summed E-state index contributed by atoms with van der Waals surface area (Å²) < 4.78 is 0. The number of hydrogen-bond acceptors (Lipinski definition) is 4. The van der Waals surface area contributed by atoms with E-state index in [0.29, 0.717) is 18.1 Å². The largest absolute Gasteiger partial charge is 0.394 e. The molecule has 0 aromatic rings. The molecule has 1 aliphatic rings. The van der Waals surface area contributed by atoms with Crippen molar-refractivity contribution >= 4 is 0 Å². The van der Waals surface area contributed by atoms with Crippen LogP contribution in [0, 0.1) is 0 Å². The number of likely N-dealkylation sites (N-methyl/N-ethyl adjacent to an activating group) is 2. The molecule has 0 bridgehead atoms. The summed E-state index contributed by atoms with van der Waals surface area (Å²) in [6, 6.07) is 1.56. The van der Waals surface area contributed by atoms with E-state index >= 15 is 0 Å². The minimum Gasteiger partial charge on any atom is -0.394 e. The lowest BCUT2D eigenvalue weighted by Gasteiger charge is -2.47. The first-order valence-corrected chi connectivity index (χ1v) is 8.62. The third-order valence-electron chi connectivity index (χ3n) is 4.75. The maximum absolute atomic E-state index is 9.96. The molecule has 2 N–H and O–H groups in total. The van der Waals surface area contributed by atoms with Crippen LogP contribution in [-0.4, -0.2) is 72.4 Å². The Morgan fingerprint density at radius 3 is 2.43 bits per heavy atom. The Hall–Kier alpha value is -0.160. The highest BCUT2D eigenvalue weighted by Gasteiger charge is 2.38. The molecule has 3 atom stereocenters.